The lowest BCUT2D eigenvalue weighted by molar-refractivity contribution is -0.177. The molecule has 1 unspecified atom stereocenters. The topological polar surface area (TPSA) is 120 Å². The van der Waals surface area contributed by atoms with Crippen molar-refractivity contribution < 1.29 is 28.5 Å². The van der Waals surface area contributed by atoms with Crippen LogP contribution in [0.5, 0.6) is 11.5 Å². The van der Waals surface area contributed by atoms with Crippen molar-refractivity contribution in [1.29, 1.82) is 0 Å². The fraction of sp³-hybridized carbons (Fsp3) is 0.400. The minimum Gasteiger partial charge on any atom is -0.494 e. The number of hydrogen-bond acceptors (Lipinski definition) is 8. The van der Waals surface area contributed by atoms with Gasteiger partial charge in [-0.3, -0.25) is 9.59 Å². The molecule has 1 aromatic carbocycles. The van der Waals surface area contributed by atoms with Crippen molar-refractivity contribution in [3.63, 3.8) is 0 Å². The Morgan fingerprint density at radius 2 is 1.53 bits per heavy atom. The molecule has 1 atom stereocenters. The molecule has 0 aromatic heterocycles. The number of benzene rings is 1. The van der Waals surface area contributed by atoms with Gasteiger partial charge in [0.1, 0.15) is 6.04 Å². The van der Waals surface area contributed by atoms with Gasteiger partial charge in [0, 0.05) is 57.7 Å². The van der Waals surface area contributed by atoms with Gasteiger partial charge in [-0.2, -0.15) is 5.11 Å². The molecule has 1 aliphatic carbocycles. The van der Waals surface area contributed by atoms with E-state index in [1.54, 1.807) is 30.4 Å². The summed E-state index contributed by atoms with van der Waals surface area (Å²) in [6, 6.07) is 2.57. The third kappa shape index (κ3) is 5.22. The summed E-state index contributed by atoms with van der Waals surface area (Å²) in [5, 5.41) is 14.0. The molecule has 0 fully saturated rings. The van der Waals surface area contributed by atoms with Gasteiger partial charge in [-0.05, 0) is 6.08 Å². The normalized spacial score (nSPS) is 17.4. The number of hydrogen-bond donors (Lipinski definition) is 2. The first-order valence-corrected chi connectivity index (χ1v) is 9.02. The van der Waals surface area contributed by atoms with Crippen LogP contribution in [0, 0.1) is 0 Å². The number of carbonyl (C=O) groups is 2. The van der Waals surface area contributed by atoms with Crippen LogP contribution in [0.1, 0.15) is 13.8 Å². The van der Waals surface area contributed by atoms with E-state index in [0.29, 0.717) is 28.6 Å². The van der Waals surface area contributed by atoms with Crippen molar-refractivity contribution in [3.8, 4) is 11.5 Å². The van der Waals surface area contributed by atoms with E-state index in [-0.39, 0.29) is 11.8 Å². The van der Waals surface area contributed by atoms with Gasteiger partial charge < -0.3 is 29.6 Å². The van der Waals surface area contributed by atoms with Gasteiger partial charge in [-0.25, -0.2) is 0 Å². The summed E-state index contributed by atoms with van der Waals surface area (Å²) in [4.78, 5) is 22.7. The highest BCUT2D eigenvalue weighted by Gasteiger charge is 2.39. The van der Waals surface area contributed by atoms with E-state index in [0.717, 1.165) is 0 Å². The molecule has 10 heteroatoms. The van der Waals surface area contributed by atoms with E-state index < -0.39 is 11.8 Å². The number of amides is 2. The van der Waals surface area contributed by atoms with Gasteiger partial charge in [0.2, 0.25) is 17.6 Å². The third-order valence-corrected chi connectivity index (χ3v) is 4.27. The second-order valence-corrected chi connectivity index (χ2v) is 6.34. The van der Waals surface area contributed by atoms with Crippen LogP contribution in [0.2, 0.25) is 0 Å². The van der Waals surface area contributed by atoms with E-state index in [1.165, 1.54) is 42.3 Å². The molecule has 2 rings (SSSR count). The number of carbonyl (C=O) groups excluding carboxylic acids is 2. The smallest absolute Gasteiger partial charge is 0.221 e. The number of azo groups is 1. The van der Waals surface area contributed by atoms with Crippen molar-refractivity contribution >= 4 is 23.2 Å². The lowest BCUT2D eigenvalue weighted by Crippen LogP contribution is -2.45. The summed E-state index contributed by atoms with van der Waals surface area (Å²) in [5.41, 5.74) is 1.35. The zero-order chi connectivity index (χ0) is 22.3. The average Bonchev–Trinajstić information content (AvgIpc) is 2.71. The maximum absolute atomic E-state index is 11.4. The molecular weight excluding hydrogens is 392 g/mol. The van der Waals surface area contributed by atoms with E-state index in [2.05, 4.69) is 20.9 Å². The maximum Gasteiger partial charge on any atom is 0.221 e. The molecule has 2 N–H and O–H groups in total. The number of methoxy groups -OCH3 is 4. The first-order valence-electron chi connectivity index (χ1n) is 9.02. The second kappa shape index (κ2) is 9.99. The molecule has 1 aliphatic rings. The number of rotatable bonds is 8. The van der Waals surface area contributed by atoms with Crippen LogP contribution in [0.25, 0.3) is 0 Å². The zero-order valence-electron chi connectivity index (χ0n) is 17.8. The summed E-state index contributed by atoms with van der Waals surface area (Å²) in [6.07, 6.45) is 5.01. The highest BCUT2D eigenvalue weighted by Crippen LogP contribution is 2.41. The SMILES string of the molecule is COc1cc(NC(C)=O)cc(OC)c1N=NC1C=CC(NC(C)=O)=CC1(OC)OC. The van der Waals surface area contributed by atoms with E-state index >= 15 is 0 Å². The van der Waals surface area contributed by atoms with E-state index in [1.807, 2.05) is 0 Å². The molecule has 0 saturated heterocycles. The summed E-state index contributed by atoms with van der Waals surface area (Å²) in [7, 11) is 5.89. The molecule has 0 spiro atoms. The van der Waals surface area contributed by atoms with Crippen molar-refractivity contribution in [3.05, 3.63) is 36.1 Å². The van der Waals surface area contributed by atoms with E-state index in [4.69, 9.17) is 18.9 Å². The minimum atomic E-state index is -1.27. The van der Waals surface area contributed by atoms with Crippen LogP contribution >= 0.6 is 0 Å². The number of ether oxygens (including phenoxy) is 4. The van der Waals surface area contributed by atoms with Gasteiger partial charge in [-0.1, -0.05) is 6.08 Å². The Kier molecular flexibility index (Phi) is 7.67. The molecule has 0 saturated carbocycles. The summed E-state index contributed by atoms with van der Waals surface area (Å²) in [5.74, 6) is -1.01. The predicted octanol–water partition coefficient (Wildman–Crippen LogP) is 2.69. The van der Waals surface area contributed by atoms with Crippen molar-refractivity contribution in [2.45, 2.75) is 25.7 Å². The fourth-order valence-electron chi connectivity index (χ4n) is 2.91. The highest BCUT2D eigenvalue weighted by molar-refractivity contribution is 5.90. The molecular formula is C20H26N4O6. The van der Waals surface area contributed by atoms with Crippen molar-refractivity contribution in [2.24, 2.45) is 10.2 Å². The first kappa shape index (κ1) is 23.0. The van der Waals surface area contributed by atoms with Gasteiger partial charge in [0.25, 0.3) is 0 Å². The molecule has 0 bridgehead atoms. The average molecular weight is 418 g/mol. The highest BCUT2D eigenvalue weighted by atomic mass is 16.7. The van der Waals surface area contributed by atoms with Gasteiger partial charge in [0.05, 0.1) is 14.2 Å². The lowest BCUT2D eigenvalue weighted by atomic mass is 10.00. The molecule has 0 aliphatic heterocycles. The van der Waals surface area contributed by atoms with Crippen LogP contribution in [0.15, 0.2) is 46.3 Å². The molecule has 0 radical (unpaired) electrons. The summed E-state index contributed by atoms with van der Waals surface area (Å²) < 4.78 is 21.9. The fourth-order valence-corrected chi connectivity index (χ4v) is 2.91. The molecule has 2 amide bonds. The molecule has 0 heterocycles. The second-order valence-electron chi connectivity index (χ2n) is 6.34. The Labute approximate surface area is 174 Å². The lowest BCUT2D eigenvalue weighted by Gasteiger charge is -2.34. The largest absolute Gasteiger partial charge is 0.494 e. The number of nitrogens with one attached hydrogen (secondary N) is 2. The Hall–Kier alpha value is -3.24. The summed E-state index contributed by atoms with van der Waals surface area (Å²) >= 11 is 0. The van der Waals surface area contributed by atoms with Gasteiger partial charge >= 0.3 is 0 Å². The van der Waals surface area contributed by atoms with Gasteiger partial charge in [-0.15, -0.1) is 5.11 Å². The van der Waals surface area contributed by atoms with Crippen molar-refractivity contribution in [1.82, 2.24) is 5.32 Å². The van der Waals surface area contributed by atoms with Crippen LogP contribution in [0.4, 0.5) is 11.4 Å². The number of nitrogens with zero attached hydrogens (tertiary/aromatic N) is 2. The first-order chi connectivity index (χ1) is 14.3. The standard InChI is InChI=1S/C20H26N4O6/c1-12(25)21-14-7-8-18(20(11-14,29-5)30-6)23-24-19-16(27-3)9-15(22-13(2)26)10-17(19)28-4/h7-11,18H,1-6H3,(H,21,25)(H,22,26). The molecule has 30 heavy (non-hydrogen) atoms. The maximum atomic E-state index is 11.4. The number of anilines is 1. The monoisotopic (exact) mass is 418 g/mol. The number of allylic oxidation sites excluding steroid dienone is 1. The Balaban J connectivity index is 2.42. The Bertz CT molecular complexity index is 864. The Morgan fingerprint density at radius 1 is 0.967 bits per heavy atom. The van der Waals surface area contributed by atoms with Crippen LogP contribution < -0.4 is 20.1 Å². The van der Waals surface area contributed by atoms with E-state index in [9.17, 15) is 9.59 Å². The Morgan fingerprint density at radius 3 is 2.00 bits per heavy atom. The quantitative estimate of drug-likeness (QED) is 0.495. The third-order valence-electron chi connectivity index (χ3n) is 4.27. The predicted molar refractivity (Wildman–Crippen MR) is 110 cm³/mol. The van der Waals surface area contributed by atoms with Crippen LogP contribution in [-0.2, 0) is 19.1 Å². The zero-order valence-corrected chi connectivity index (χ0v) is 17.8. The van der Waals surface area contributed by atoms with Crippen LogP contribution in [-0.4, -0.2) is 52.1 Å². The molecule has 10 nitrogen and oxygen atoms in total. The van der Waals surface area contributed by atoms with Crippen LogP contribution in [0.3, 0.4) is 0 Å². The minimum absolute atomic E-state index is 0.221. The van der Waals surface area contributed by atoms with Gasteiger partial charge in [0.15, 0.2) is 17.2 Å². The molecule has 1 aromatic rings. The molecule has 162 valence electrons. The van der Waals surface area contributed by atoms with Crippen molar-refractivity contribution in [2.75, 3.05) is 33.8 Å². The summed E-state index contributed by atoms with van der Waals surface area (Å²) in [6.45, 7) is 2.81.